The summed E-state index contributed by atoms with van der Waals surface area (Å²) in [5, 5.41) is 14.7. The number of benzene rings is 2. The molecule has 4 saturated heterocycles. The van der Waals surface area contributed by atoms with E-state index in [1.807, 2.05) is 24.3 Å². The fourth-order valence-corrected chi connectivity index (χ4v) is 10.4. The maximum atomic E-state index is 13.5. The molecule has 0 radical (unpaired) electrons. The van der Waals surface area contributed by atoms with Gasteiger partial charge in [0.15, 0.2) is 0 Å². The molecule has 0 spiro atoms. The molecule has 4 fully saturated rings. The molecular weight excluding hydrogens is 931 g/mol. The zero-order valence-corrected chi connectivity index (χ0v) is 44.4. The highest BCUT2D eigenvalue weighted by Crippen LogP contribution is 2.23. The molecule has 2 aromatic carbocycles. The number of amides is 4. The Morgan fingerprint density at radius 3 is 1.58 bits per heavy atom. The van der Waals surface area contributed by atoms with Crippen LogP contribution in [0.25, 0.3) is 6.08 Å². The number of nitrogens with zero attached hydrogens (tertiary/aromatic N) is 4. The molecule has 4 N–H and O–H groups in total. The van der Waals surface area contributed by atoms with E-state index in [4.69, 9.17) is 34.8 Å². The molecule has 0 aliphatic carbocycles. The number of rotatable bonds is 21. The lowest BCUT2D eigenvalue weighted by Gasteiger charge is -2.30. The molecule has 4 heterocycles. The van der Waals surface area contributed by atoms with Gasteiger partial charge in [0.2, 0.25) is 17.7 Å². The van der Waals surface area contributed by atoms with E-state index in [2.05, 4.69) is 68.6 Å². The number of nitrogens with one attached hydrogen (secondary N) is 4. The summed E-state index contributed by atoms with van der Waals surface area (Å²) in [7, 11) is 0. The van der Waals surface area contributed by atoms with Crippen LogP contribution in [0.2, 0.25) is 15.1 Å². The maximum absolute atomic E-state index is 13.5. The van der Waals surface area contributed by atoms with Crippen LogP contribution in [0.1, 0.15) is 134 Å². The van der Waals surface area contributed by atoms with Crippen LogP contribution >= 0.6 is 34.8 Å². The average Bonchev–Trinajstić information content (AvgIpc) is 3.62. The lowest BCUT2D eigenvalue weighted by Crippen LogP contribution is -2.50. The van der Waals surface area contributed by atoms with Crippen LogP contribution in [-0.2, 0) is 14.4 Å². The minimum atomic E-state index is -0.217. The highest BCUT2D eigenvalue weighted by atomic mass is 35.5. The van der Waals surface area contributed by atoms with Gasteiger partial charge in [0.05, 0.1) is 22.1 Å². The number of carbonyl (C=O) groups is 4. The van der Waals surface area contributed by atoms with E-state index < -0.39 is 0 Å². The molecule has 4 aliphatic rings. The predicted octanol–water partition coefficient (Wildman–Crippen LogP) is 8.94. The molecule has 0 unspecified atom stereocenters. The van der Waals surface area contributed by atoms with Gasteiger partial charge in [-0.15, -0.1) is 0 Å². The first-order chi connectivity index (χ1) is 33.4. The van der Waals surface area contributed by atoms with Gasteiger partial charge >= 0.3 is 0 Å². The second-order valence-corrected chi connectivity index (χ2v) is 20.9. The standard InChI is InChI=1S/C28H43ClN4O2.C26H40Cl2N4O2/c1-3-22(4-2)21-33-19-14-25(20-30-27(34)13-10-23-8-11-24(29)12-9-23)31-26(28(33)35)15-18-32-16-6-5-7-17-32;1-3-19(4-2)18-32-15-10-21(17-29-25(33)20-8-9-22(27)23(28)16-20)30-24(26(32)34)11-14-31-12-6-5-7-13-31/h8-13,22,25-26,31H,3-7,14-21H2,1-2H3,(H,30,34);8-9,16,19,21,24,30H,3-7,10-15,17-18H2,1-2H3,(H,29,33)/b13-10+;/t25-,26-;21-,24-/m00/s1. The van der Waals surface area contributed by atoms with Crippen molar-refractivity contribution in [2.45, 2.75) is 142 Å². The van der Waals surface area contributed by atoms with E-state index >= 15 is 0 Å². The Kier molecular flexibility index (Phi) is 25.1. The number of likely N-dealkylation sites (tertiary alicyclic amines) is 2. The third-order valence-corrected chi connectivity index (χ3v) is 15.7. The zero-order chi connectivity index (χ0) is 49.5. The number of hydrogen-bond acceptors (Lipinski definition) is 8. The van der Waals surface area contributed by atoms with E-state index in [9.17, 15) is 19.2 Å². The van der Waals surface area contributed by atoms with Gasteiger partial charge < -0.3 is 40.9 Å². The largest absolute Gasteiger partial charge is 0.351 e. The normalized spacial score (nSPS) is 22.1. The van der Waals surface area contributed by atoms with Crippen LogP contribution in [0.5, 0.6) is 0 Å². The Morgan fingerprint density at radius 2 is 1.12 bits per heavy atom. The van der Waals surface area contributed by atoms with Crippen molar-refractivity contribution >= 4 is 64.5 Å². The molecule has 384 valence electrons. The Balaban J connectivity index is 0.000000258. The van der Waals surface area contributed by atoms with Crippen molar-refractivity contribution in [1.82, 2.24) is 40.9 Å². The summed E-state index contributed by atoms with van der Waals surface area (Å²) in [6, 6.07) is 12.0. The lowest BCUT2D eigenvalue weighted by atomic mass is 10.0. The lowest BCUT2D eigenvalue weighted by molar-refractivity contribution is -0.134. The van der Waals surface area contributed by atoms with E-state index in [0.29, 0.717) is 45.6 Å². The van der Waals surface area contributed by atoms with Gasteiger partial charge in [0.1, 0.15) is 0 Å². The van der Waals surface area contributed by atoms with Gasteiger partial charge in [0.25, 0.3) is 5.91 Å². The number of hydrogen-bond donors (Lipinski definition) is 4. The second kappa shape index (κ2) is 30.6. The first kappa shape index (κ1) is 56.7. The van der Waals surface area contributed by atoms with Crippen molar-refractivity contribution in [3.05, 3.63) is 74.7 Å². The second-order valence-electron chi connectivity index (χ2n) is 19.7. The topological polar surface area (TPSA) is 129 Å². The summed E-state index contributed by atoms with van der Waals surface area (Å²) in [5.41, 5.74) is 1.41. The molecule has 12 nitrogen and oxygen atoms in total. The molecule has 4 aliphatic heterocycles. The molecule has 0 bridgehead atoms. The highest BCUT2D eigenvalue weighted by molar-refractivity contribution is 6.42. The molecule has 0 saturated carbocycles. The predicted molar refractivity (Wildman–Crippen MR) is 284 cm³/mol. The molecule has 4 amide bonds. The fourth-order valence-electron chi connectivity index (χ4n) is 9.95. The Labute approximate surface area is 429 Å². The Hall–Kier alpha value is -3.23. The van der Waals surface area contributed by atoms with Crippen molar-refractivity contribution in [2.75, 3.05) is 78.5 Å². The van der Waals surface area contributed by atoms with Crippen LogP contribution < -0.4 is 21.3 Å². The van der Waals surface area contributed by atoms with E-state index in [0.717, 1.165) is 122 Å². The van der Waals surface area contributed by atoms with Gasteiger partial charge in [-0.05, 0) is 131 Å². The highest BCUT2D eigenvalue weighted by Gasteiger charge is 2.34. The quantitative estimate of drug-likeness (QED) is 0.0914. The van der Waals surface area contributed by atoms with Crippen molar-refractivity contribution in [3.63, 3.8) is 0 Å². The number of halogens is 3. The summed E-state index contributed by atoms with van der Waals surface area (Å²) < 4.78 is 0. The molecule has 2 aromatic rings. The van der Waals surface area contributed by atoms with Crippen LogP contribution in [0.3, 0.4) is 0 Å². The fraction of sp³-hybridized carbons (Fsp3) is 0.667. The number of piperidine rings is 2. The Morgan fingerprint density at radius 1 is 0.638 bits per heavy atom. The van der Waals surface area contributed by atoms with Gasteiger partial charge in [-0.1, -0.05) is 113 Å². The SMILES string of the molecule is CCC(CC)CN1CC[C@@H](CNC(=O)/C=C/c2ccc(Cl)cc2)N[C@@H](CCN2CCCCC2)C1=O.CCC(CC)CN1CC[C@@H](CNC(=O)c2ccc(Cl)c(Cl)c2)N[C@@H](CCN2CCCCC2)C1=O. The summed E-state index contributed by atoms with van der Waals surface area (Å²) in [4.78, 5) is 61.2. The summed E-state index contributed by atoms with van der Waals surface area (Å²) in [6.45, 7) is 19.3. The third-order valence-electron chi connectivity index (χ3n) is 14.7. The minimum Gasteiger partial charge on any atom is -0.351 e. The Bertz CT molecular complexity index is 1900. The van der Waals surface area contributed by atoms with Crippen LogP contribution in [0, 0.1) is 11.8 Å². The number of carbonyl (C=O) groups excluding carboxylic acids is 4. The van der Waals surface area contributed by atoms with Crippen molar-refractivity contribution in [3.8, 4) is 0 Å². The first-order valence-corrected chi connectivity index (χ1v) is 27.5. The van der Waals surface area contributed by atoms with E-state index in [1.165, 1.54) is 38.5 Å². The smallest absolute Gasteiger partial charge is 0.251 e. The van der Waals surface area contributed by atoms with Crippen LogP contribution in [0.15, 0.2) is 48.5 Å². The molecule has 15 heteroatoms. The monoisotopic (exact) mass is 1010 g/mol. The van der Waals surface area contributed by atoms with Gasteiger partial charge in [-0.2, -0.15) is 0 Å². The van der Waals surface area contributed by atoms with Crippen LogP contribution in [-0.4, -0.2) is 146 Å². The minimum absolute atomic E-state index is 0.0359. The van der Waals surface area contributed by atoms with Crippen molar-refractivity contribution in [2.24, 2.45) is 11.8 Å². The van der Waals surface area contributed by atoms with E-state index in [-0.39, 0.29) is 47.8 Å². The molecular formula is C54H83Cl3N8O4. The maximum Gasteiger partial charge on any atom is 0.251 e. The molecule has 4 atom stereocenters. The van der Waals surface area contributed by atoms with Gasteiger partial charge in [-0.3, -0.25) is 19.2 Å². The summed E-state index contributed by atoms with van der Waals surface area (Å²) in [6.07, 6.45) is 18.6. The van der Waals surface area contributed by atoms with Gasteiger partial charge in [0, 0.05) is 81.1 Å². The zero-order valence-electron chi connectivity index (χ0n) is 42.1. The average molecular weight is 1010 g/mol. The summed E-state index contributed by atoms with van der Waals surface area (Å²) in [5.74, 6) is 1.19. The van der Waals surface area contributed by atoms with Crippen LogP contribution in [0.4, 0.5) is 0 Å². The molecule has 69 heavy (non-hydrogen) atoms. The van der Waals surface area contributed by atoms with Gasteiger partial charge in [-0.25, -0.2) is 0 Å². The molecule has 6 rings (SSSR count). The first-order valence-electron chi connectivity index (χ1n) is 26.4. The van der Waals surface area contributed by atoms with Crippen molar-refractivity contribution < 1.29 is 19.2 Å². The third kappa shape index (κ3) is 19.4. The van der Waals surface area contributed by atoms with E-state index in [1.54, 1.807) is 30.4 Å². The molecule has 0 aromatic heterocycles. The summed E-state index contributed by atoms with van der Waals surface area (Å²) >= 11 is 18.0. The van der Waals surface area contributed by atoms with Crippen molar-refractivity contribution in [1.29, 1.82) is 0 Å².